The molecule has 1 aromatic carbocycles. The van der Waals surface area contributed by atoms with Crippen LogP contribution in [-0.4, -0.2) is 70.8 Å². The first-order valence-electron chi connectivity index (χ1n) is 18.3. The van der Waals surface area contributed by atoms with Crippen molar-refractivity contribution in [3.63, 3.8) is 0 Å². The number of carbonyl (C=O) groups excluding carboxylic acids is 7. The molecule has 276 valence electrons. The number of fused-ring (bicyclic) bond motifs is 1. The van der Waals surface area contributed by atoms with Gasteiger partial charge in [0.2, 0.25) is 17.6 Å². The van der Waals surface area contributed by atoms with Crippen LogP contribution in [0, 0.1) is 17.8 Å². The highest BCUT2D eigenvalue weighted by Crippen LogP contribution is 2.29. The van der Waals surface area contributed by atoms with Crippen molar-refractivity contribution in [3.05, 3.63) is 35.9 Å². The van der Waals surface area contributed by atoms with E-state index in [2.05, 4.69) is 5.32 Å². The first kappa shape index (κ1) is 40.5. The van der Waals surface area contributed by atoms with Crippen molar-refractivity contribution in [2.75, 3.05) is 13.2 Å². The summed E-state index contributed by atoms with van der Waals surface area (Å²) in [5.74, 6) is -4.82. The molecule has 0 saturated carbocycles. The first-order valence-corrected chi connectivity index (χ1v) is 18.3. The lowest BCUT2D eigenvalue weighted by atomic mass is 9.86. The van der Waals surface area contributed by atoms with Gasteiger partial charge in [-0.25, -0.2) is 4.79 Å². The normalized spacial score (nSPS) is 21.5. The van der Waals surface area contributed by atoms with Gasteiger partial charge in [-0.2, -0.15) is 0 Å². The van der Waals surface area contributed by atoms with Gasteiger partial charge in [0.1, 0.15) is 5.60 Å². The van der Waals surface area contributed by atoms with Crippen LogP contribution >= 0.6 is 0 Å². The molecule has 1 aromatic rings. The maximum Gasteiger partial charge on any atom is 0.333 e. The van der Waals surface area contributed by atoms with Crippen LogP contribution in [0.3, 0.4) is 0 Å². The average molecular weight is 697 g/mol. The Labute approximate surface area is 296 Å². The number of amides is 2. The molecule has 2 aliphatic rings. The SMILES string of the molecule is CC(C)COC(=O)CC1CCCCCCCC(C(=O)C(=O)CCC(=O)N[C@H](C(=O)OC(C)(C)C)c2ccccc2)CC(=O)[C@@H]2CCCN2C1=O. The summed E-state index contributed by atoms with van der Waals surface area (Å²) in [4.78, 5) is 94.2. The highest BCUT2D eigenvalue weighted by Gasteiger charge is 2.39. The van der Waals surface area contributed by atoms with Gasteiger partial charge in [0.15, 0.2) is 17.6 Å². The summed E-state index contributed by atoms with van der Waals surface area (Å²) in [6, 6.07) is 6.83. The number of rotatable bonds is 12. The Morgan fingerprint density at radius 3 is 2.20 bits per heavy atom. The molecule has 2 fully saturated rings. The molecule has 0 bridgehead atoms. The number of ketones is 3. The Kier molecular flexibility index (Phi) is 15.8. The molecular formula is C39H56N2O9. The van der Waals surface area contributed by atoms with Crippen LogP contribution < -0.4 is 5.32 Å². The van der Waals surface area contributed by atoms with Crippen molar-refractivity contribution in [2.24, 2.45) is 17.8 Å². The fraction of sp³-hybridized carbons (Fsp3) is 0.667. The number of hydrogen-bond acceptors (Lipinski definition) is 9. The van der Waals surface area contributed by atoms with Crippen LogP contribution in [0.25, 0.3) is 0 Å². The summed E-state index contributed by atoms with van der Waals surface area (Å²) in [7, 11) is 0. The van der Waals surface area contributed by atoms with E-state index in [0.717, 1.165) is 25.7 Å². The zero-order valence-electron chi connectivity index (χ0n) is 30.5. The van der Waals surface area contributed by atoms with E-state index < -0.39 is 58.9 Å². The number of nitrogens with one attached hydrogen (secondary N) is 1. The molecule has 4 atom stereocenters. The zero-order chi connectivity index (χ0) is 36.8. The fourth-order valence-electron chi connectivity index (χ4n) is 6.54. The lowest BCUT2D eigenvalue weighted by Crippen LogP contribution is -2.45. The maximum absolute atomic E-state index is 13.7. The second-order valence-corrected chi connectivity index (χ2v) is 15.1. The molecular weight excluding hydrogens is 640 g/mol. The summed E-state index contributed by atoms with van der Waals surface area (Å²) in [6.07, 6.45) is 5.03. The van der Waals surface area contributed by atoms with E-state index in [1.165, 1.54) is 0 Å². The van der Waals surface area contributed by atoms with Crippen molar-refractivity contribution >= 4 is 41.1 Å². The molecule has 2 saturated heterocycles. The topological polar surface area (TPSA) is 153 Å². The number of Topliss-reactive ketones (excluding diaryl/α,β-unsaturated/α-hetero) is 3. The molecule has 0 aliphatic carbocycles. The van der Waals surface area contributed by atoms with Crippen molar-refractivity contribution in [2.45, 2.75) is 136 Å². The molecule has 11 heteroatoms. The van der Waals surface area contributed by atoms with E-state index in [4.69, 9.17) is 9.47 Å². The molecule has 50 heavy (non-hydrogen) atoms. The molecule has 0 aromatic heterocycles. The maximum atomic E-state index is 13.7. The number of nitrogens with zero attached hydrogens (tertiary/aromatic N) is 1. The van der Waals surface area contributed by atoms with Gasteiger partial charge >= 0.3 is 11.9 Å². The minimum Gasteiger partial charge on any atom is -0.465 e. The van der Waals surface area contributed by atoms with Crippen LogP contribution in [0.5, 0.6) is 0 Å². The Morgan fingerprint density at radius 1 is 0.880 bits per heavy atom. The Balaban J connectivity index is 1.67. The van der Waals surface area contributed by atoms with Crippen LogP contribution in [0.15, 0.2) is 30.3 Å². The lowest BCUT2D eigenvalue weighted by Gasteiger charge is -2.29. The van der Waals surface area contributed by atoms with Gasteiger partial charge in [0, 0.05) is 37.6 Å². The molecule has 2 amide bonds. The van der Waals surface area contributed by atoms with Crippen LogP contribution in [0.4, 0.5) is 0 Å². The number of hydrogen-bond donors (Lipinski definition) is 1. The Bertz CT molecular complexity index is 1350. The van der Waals surface area contributed by atoms with E-state index >= 15 is 0 Å². The third-order valence-corrected chi connectivity index (χ3v) is 9.11. The van der Waals surface area contributed by atoms with Gasteiger partial charge in [-0.15, -0.1) is 0 Å². The predicted octanol–water partition coefficient (Wildman–Crippen LogP) is 5.62. The number of ether oxygens (including phenoxy) is 2. The molecule has 3 rings (SSSR count). The third kappa shape index (κ3) is 13.1. The molecule has 2 heterocycles. The number of benzene rings is 1. The largest absolute Gasteiger partial charge is 0.465 e. The summed E-state index contributed by atoms with van der Waals surface area (Å²) in [5, 5.41) is 2.65. The summed E-state index contributed by atoms with van der Waals surface area (Å²) in [6.45, 7) is 9.74. The highest BCUT2D eigenvalue weighted by molar-refractivity contribution is 6.38. The second kappa shape index (κ2) is 19.5. The minimum atomic E-state index is -1.09. The summed E-state index contributed by atoms with van der Waals surface area (Å²) >= 11 is 0. The smallest absolute Gasteiger partial charge is 0.333 e. The highest BCUT2D eigenvalue weighted by atomic mass is 16.6. The molecule has 0 spiro atoms. The average Bonchev–Trinajstić information content (AvgIpc) is 3.56. The van der Waals surface area contributed by atoms with Crippen molar-refractivity contribution in [3.8, 4) is 0 Å². The van der Waals surface area contributed by atoms with Crippen molar-refractivity contribution < 1.29 is 43.0 Å². The summed E-state index contributed by atoms with van der Waals surface area (Å²) < 4.78 is 10.9. The Morgan fingerprint density at radius 2 is 1.54 bits per heavy atom. The van der Waals surface area contributed by atoms with Gasteiger partial charge in [-0.3, -0.25) is 28.8 Å². The van der Waals surface area contributed by atoms with E-state index in [-0.39, 0.29) is 49.9 Å². The molecule has 11 nitrogen and oxygen atoms in total. The zero-order valence-corrected chi connectivity index (χ0v) is 30.5. The molecule has 2 aliphatic heterocycles. The first-order chi connectivity index (χ1) is 23.7. The standard InChI is InChI=1S/C39H56N2O9/c1-26(2)25-49-34(45)24-29-18-11-8-6-7-10-17-28(23-32(43)30-19-14-22-41(30)37(29)47)36(46)31(42)20-21-33(44)40-35(27-15-12-9-13-16-27)38(48)50-39(3,4)5/h9,12-13,15-16,26,28-30,35H,6-8,10-11,14,17-25H2,1-5H3,(H,40,44)/t28?,29?,30-,35-/m0/s1. The lowest BCUT2D eigenvalue weighted by molar-refractivity contribution is -0.159. The monoisotopic (exact) mass is 696 g/mol. The third-order valence-electron chi connectivity index (χ3n) is 9.11. The molecule has 1 N–H and O–H groups in total. The minimum absolute atomic E-state index is 0.0317. The van der Waals surface area contributed by atoms with E-state index in [1.54, 1.807) is 56.0 Å². The Hall–Kier alpha value is -3.89. The van der Waals surface area contributed by atoms with Gasteiger partial charge < -0.3 is 19.7 Å². The van der Waals surface area contributed by atoms with Crippen LogP contribution in [-0.2, 0) is 43.0 Å². The second-order valence-electron chi connectivity index (χ2n) is 15.1. The number of esters is 2. The van der Waals surface area contributed by atoms with Crippen molar-refractivity contribution in [1.82, 2.24) is 10.2 Å². The van der Waals surface area contributed by atoms with E-state index in [0.29, 0.717) is 44.2 Å². The fourth-order valence-corrected chi connectivity index (χ4v) is 6.54. The number of carbonyl (C=O) groups is 7. The van der Waals surface area contributed by atoms with Gasteiger partial charge in [-0.1, -0.05) is 76.3 Å². The van der Waals surface area contributed by atoms with Gasteiger partial charge in [0.25, 0.3) is 0 Å². The summed E-state index contributed by atoms with van der Waals surface area (Å²) in [5.41, 5.74) is -0.264. The van der Waals surface area contributed by atoms with Gasteiger partial charge in [0.05, 0.1) is 19.1 Å². The van der Waals surface area contributed by atoms with Crippen LogP contribution in [0.1, 0.15) is 130 Å². The quantitative estimate of drug-likeness (QED) is 0.217. The van der Waals surface area contributed by atoms with Crippen molar-refractivity contribution in [1.29, 1.82) is 0 Å². The van der Waals surface area contributed by atoms with E-state index in [9.17, 15) is 33.6 Å². The molecule has 0 radical (unpaired) electrons. The molecule has 2 unspecified atom stereocenters. The van der Waals surface area contributed by atoms with E-state index in [1.807, 2.05) is 13.8 Å². The van der Waals surface area contributed by atoms with Crippen LogP contribution in [0.2, 0.25) is 0 Å². The van der Waals surface area contributed by atoms with Gasteiger partial charge in [-0.05, 0) is 57.9 Å². The predicted molar refractivity (Wildman–Crippen MR) is 186 cm³/mol.